The fourth-order valence-corrected chi connectivity index (χ4v) is 3.27. The van der Waals surface area contributed by atoms with Gasteiger partial charge in [0.1, 0.15) is 0 Å². The van der Waals surface area contributed by atoms with Gasteiger partial charge in [0.05, 0.1) is 17.2 Å². The average Bonchev–Trinajstić information content (AvgIpc) is 2.63. The second-order valence-corrected chi connectivity index (χ2v) is 7.86. The fourth-order valence-electron chi connectivity index (χ4n) is 2.65. The van der Waals surface area contributed by atoms with E-state index in [1.54, 1.807) is 24.1 Å². The molecule has 1 aromatic heterocycles. The van der Waals surface area contributed by atoms with Crippen molar-refractivity contribution in [2.24, 2.45) is 0 Å². The highest BCUT2D eigenvalue weighted by Crippen LogP contribution is 2.15. The van der Waals surface area contributed by atoms with Gasteiger partial charge in [-0.15, -0.1) is 0 Å². The Morgan fingerprint density at radius 3 is 2.54 bits per heavy atom. The molecule has 0 N–H and O–H groups in total. The van der Waals surface area contributed by atoms with Gasteiger partial charge in [0.25, 0.3) is 5.56 Å². The second kappa shape index (κ2) is 8.14. The van der Waals surface area contributed by atoms with Crippen molar-refractivity contribution >= 4 is 48.7 Å². The zero-order valence-corrected chi connectivity index (χ0v) is 17.3. The third-order valence-electron chi connectivity index (χ3n) is 4.11. The Morgan fingerprint density at radius 2 is 1.81 bits per heavy atom. The van der Waals surface area contributed by atoms with Gasteiger partial charge >= 0.3 is 0 Å². The first-order valence-electron chi connectivity index (χ1n) is 8.07. The molecule has 3 aromatic rings. The minimum atomic E-state index is -0.139. The van der Waals surface area contributed by atoms with Gasteiger partial charge < -0.3 is 4.90 Å². The largest absolute Gasteiger partial charge is 0.341 e. The summed E-state index contributed by atoms with van der Waals surface area (Å²) < 4.78 is 3.32. The molecule has 0 aliphatic rings. The van der Waals surface area contributed by atoms with Crippen molar-refractivity contribution in [2.75, 3.05) is 7.05 Å². The van der Waals surface area contributed by atoms with Crippen LogP contribution in [0.5, 0.6) is 0 Å². The smallest absolute Gasteiger partial charge is 0.261 e. The van der Waals surface area contributed by atoms with Crippen LogP contribution in [0.2, 0.25) is 0 Å². The van der Waals surface area contributed by atoms with E-state index < -0.39 is 0 Å². The lowest BCUT2D eigenvalue weighted by molar-refractivity contribution is -0.130. The van der Waals surface area contributed by atoms with E-state index in [4.69, 9.17) is 0 Å². The first-order valence-corrected chi connectivity index (χ1v) is 9.66. The molecule has 5 nitrogen and oxygen atoms in total. The van der Waals surface area contributed by atoms with E-state index in [0.717, 1.165) is 14.5 Å². The number of benzene rings is 2. The Morgan fingerprint density at radius 1 is 1.12 bits per heavy atom. The Balaban J connectivity index is 1.67. The summed E-state index contributed by atoms with van der Waals surface area (Å²) in [6.45, 7) is 0.835. The van der Waals surface area contributed by atoms with E-state index in [1.807, 2.05) is 30.3 Å². The molecule has 0 aliphatic carbocycles. The maximum atomic E-state index is 12.6. The summed E-state index contributed by atoms with van der Waals surface area (Å²) >= 11 is 6.77. The minimum Gasteiger partial charge on any atom is -0.341 e. The molecule has 2 aromatic carbocycles. The van der Waals surface area contributed by atoms with Crippen LogP contribution < -0.4 is 5.56 Å². The molecule has 0 saturated heterocycles. The van der Waals surface area contributed by atoms with Crippen LogP contribution in [0.25, 0.3) is 10.9 Å². The number of amides is 1. The summed E-state index contributed by atoms with van der Waals surface area (Å²) in [5, 5.41) is 0.539. The number of halogens is 2. The molecule has 3 rings (SSSR count). The molecule has 0 fully saturated rings. The summed E-state index contributed by atoms with van der Waals surface area (Å²) in [6, 6.07) is 13.2. The zero-order chi connectivity index (χ0) is 18.7. The summed E-state index contributed by atoms with van der Waals surface area (Å²) in [7, 11) is 1.77. The quantitative estimate of drug-likeness (QED) is 0.557. The van der Waals surface area contributed by atoms with Crippen LogP contribution in [0.4, 0.5) is 0 Å². The van der Waals surface area contributed by atoms with Crippen molar-refractivity contribution in [1.82, 2.24) is 14.5 Å². The molecule has 0 spiro atoms. The van der Waals surface area contributed by atoms with Crippen molar-refractivity contribution < 1.29 is 4.79 Å². The van der Waals surface area contributed by atoms with Crippen molar-refractivity contribution in [3.63, 3.8) is 0 Å². The maximum absolute atomic E-state index is 12.6. The first kappa shape index (κ1) is 18.8. The zero-order valence-electron chi connectivity index (χ0n) is 14.2. The summed E-state index contributed by atoms with van der Waals surface area (Å²) in [6.07, 6.45) is 1.74. The predicted molar refractivity (Wildman–Crippen MR) is 109 cm³/mol. The molecule has 7 heteroatoms. The SMILES string of the molecule is CN(Cc1ccc(Br)cc1)C(=O)CCn1cnc2ccc(Br)cc2c1=O. The number of rotatable bonds is 5. The standard InChI is InChI=1S/C19H17Br2N3O2/c1-23(11-13-2-4-14(20)5-3-13)18(25)8-9-24-12-22-17-7-6-15(21)10-16(17)19(24)26/h2-7,10,12H,8-9,11H2,1H3. The van der Waals surface area contributed by atoms with Crippen molar-refractivity contribution in [3.8, 4) is 0 Å². The lowest BCUT2D eigenvalue weighted by atomic mass is 10.2. The Labute approximate surface area is 167 Å². The summed E-state index contributed by atoms with van der Waals surface area (Å²) in [5.41, 5.74) is 1.56. The highest BCUT2D eigenvalue weighted by molar-refractivity contribution is 9.10. The van der Waals surface area contributed by atoms with Crippen LogP contribution in [-0.2, 0) is 17.9 Å². The molecule has 0 atom stereocenters. The van der Waals surface area contributed by atoms with Crippen molar-refractivity contribution in [2.45, 2.75) is 19.5 Å². The second-order valence-electron chi connectivity index (χ2n) is 6.03. The van der Waals surface area contributed by atoms with Gasteiger partial charge in [-0.25, -0.2) is 4.98 Å². The molecular weight excluding hydrogens is 462 g/mol. The molecule has 134 valence electrons. The van der Waals surface area contributed by atoms with Crippen LogP contribution in [-0.4, -0.2) is 27.4 Å². The van der Waals surface area contributed by atoms with E-state index in [0.29, 0.717) is 24.0 Å². The van der Waals surface area contributed by atoms with Gasteiger partial charge in [-0.1, -0.05) is 44.0 Å². The number of aromatic nitrogens is 2. The topological polar surface area (TPSA) is 55.2 Å². The molecule has 0 unspecified atom stereocenters. The van der Waals surface area contributed by atoms with E-state index >= 15 is 0 Å². The van der Waals surface area contributed by atoms with Gasteiger partial charge in [0.2, 0.25) is 5.91 Å². The number of fused-ring (bicyclic) bond motifs is 1. The van der Waals surface area contributed by atoms with Crippen molar-refractivity contribution in [1.29, 1.82) is 0 Å². The molecule has 0 saturated carbocycles. The van der Waals surface area contributed by atoms with E-state index in [-0.39, 0.29) is 17.9 Å². The summed E-state index contributed by atoms with van der Waals surface area (Å²) in [5.74, 6) is -0.0193. The van der Waals surface area contributed by atoms with Crippen LogP contribution in [0, 0.1) is 0 Å². The van der Waals surface area contributed by atoms with Gasteiger partial charge in [0, 0.05) is 35.5 Å². The Kier molecular flexibility index (Phi) is 5.88. The Hall–Kier alpha value is -1.99. The predicted octanol–water partition coefficient (Wildman–Crippen LogP) is 3.97. The van der Waals surface area contributed by atoms with E-state index in [2.05, 4.69) is 36.8 Å². The van der Waals surface area contributed by atoms with E-state index in [9.17, 15) is 9.59 Å². The number of carbonyl (C=O) groups excluding carboxylic acids is 1. The van der Waals surface area contributed by atoms with Crippen LogP contribution in [0.3, 0.4) is 0 Å². The first-order chi connectivity index (χ1) is 12.4. The van der Waals surface area contributed by atoms with Crippen LogP contribution in [0.1, 0.15) is 12.0 Å². The monoisotopic (exact) mass is 477 g/mol. The minimum absolute atomic E-state index is 0.0193. The van der Waals surface area contributed by atoms with Crippen molar-refractivity contribution in [3.05, 3.63) is 73.7 Å². The molecule has 1 amide bonds. The Bertz CT molecular complexity index is 1000. The normalized spacial score (nSPS) is 10.9. The third kappa shape index (κ3) is 4.40. The van der Waals surface area contributed by atoms with Gasteiger partial charge in [-0.2, -0.15) is 0 Å². The lowest BCUT2D eigenvalue weighted by Crippen LogP contribution is -2.29. The van der Waals surface area contributed by atoms with Gasteiger partial charge in [-0.05, 0) is 35.9 Å². The highest BCUT2D eigenvalue weighted by atomic mass is 79.9. The average molecular weight is 479 g/mol. The molecule has 0 bridgehead atoms. The van der Waals surface area contributed by atoms with Gasteiger partial charge in [-0.3, -0.25) is 14.2 Å². The number of aryl methyl sites for hydroxylation is 1. The number of hydrogen-bond acceptors (Lipinski definition) is 3. The molecule has 0 radical (unpaired) electrons. The van der Waals surface area contributed by atoms with Gasteiger partial charge in [0.15, 0.2) is 0 Å². The highest BCUT2D eigenvalue weighted by Gasteiger charge is 2.11. The number of carbonyl (C=O) groups is 1. The lowest BCUT2D eigenvalue weighted by Gasteiger charge is -2.17. The molecule has 1 heterocycles. The number of nitrogens with zero attached hydrogens (tertiary/aromatic N) is 3. The maximum Gasteiger partial charge on any atom is 0.261 e. The third-order valence-corrected chi connectivity index (χ3v) is 5.13. The summed E-state index contributed by atoms with van der Waals surface area (Å²) in [4.78, 5) is 30.9. The van der Waals surface area contributed by atoms with Crippen LogP contribution >= 0.6 is 31.9 Å². The molecular formula is C19H17Br2N3O2. The van der Waals surface area contributed by atoms with Crippen LogP contribution in [0.15, 0.2) is 62.5 Å². The fraction of sp³-hybridized carbons (Fsp3) is 0.211. The molecule has 26 heavy (non-hydrogen) atoms. The number of hydrogen-bond donors (Lipinski definition) is 0. The molecule has 0 aliphatic heterocycles. The van der Waals surface area contributed by atoms with E-state index in [1.165, 1.54) is 10.9 Å².